The zero-order valence-electron chi connectivity index (χ0n) is 32.5. The van der Waals surface area contributed by atoms with Gasteiger partial charge in [-0.15, -0.1) is 0 Å². The second-order valence-corrected chi connectivity index (χ2v) is 20.1. The van der Waals surface area contributed by atoms with Gasteiger partial charge in [0.1, 0.15) is 11.4 Å². The lowest BCUT2D eigenvalue weighted by Crippen LogP contribution is -2.60. The lowest BCUT2D eigenvalue weighted by Gasteiger charge is -2.52. The van der Waals surface area contributed by atoms with Gasteiger partial charge < -0.3 is 14.4 Å². The van der Waals surface area contributed by atoms with Crippen molar-refractivity contribution < 1.29 is 22.7 Å². The van der Waals surface area contributed by atoms with E-state index in [1.807, 2.05) is 32.2 Å². The number of nitrogens with one attached hydrogen (secondary N) is 1. The van der Waals surface area contributed by atoms with Crippen molar-refractivity contribution in [2.45, 2.75) is 94.9 Å². The summed E-state index contributed by atoms with van der Waals surface area (Å²) in [5, 5.41) is -0.0256. The van der Waals surface area contributed by atoms with E-state index in [0.29, 0.717) is 24.5 Å². The highest BCUT2D eigenvalue weighted by molar-refractivity contribution is 7.90. The molecule has 2 aliphatic carbocycles. The summed E-state index contributed by atoms with van der Waals surface area (Å²) in [4.78, 5) is 21.2. The lowest BCUT2D eigenvalue weighted by molar-refractivity contribution is -0.0975. The van der Waals surface area contributed by atoms with Gasteiger partial charge in [0.2, 0.25) is 10.0 Å². The Morgan fingerprint density at radius 3 is 2.53 bits per heavy atom. The molecule has 1 saturated carbocycles. The number of ether oxygens (including phenoxy) is 2. The van der Waals surface area contributed by atoms with Crippen molar-refractivity contribution in [1.29, 1.82) is 0 Å². The number of methoxy groups -OCH3 is 1. The molecule has 0 aromatic heterocycles. The number of carbonyl (C=O) groups is 1. The lowest BCUT2D eigenvalue weighted by atomic mass is 9.63. The fourth-order valence-electron chi connectivity index (χ4n) is 9.73. The molecule has 3 heterocycles. The van der Waals surface area contributed by atoms with Gasteiger partial charge in [-0.05, 0) is 125 Å². The topological polar surface area (TPSA) is 91.4 Å². The first-order valence-corrected chi connectivity index (χ1v) is 21.6. The Bertz CT molecular complexity index is 1820. The van der Waals surface area contributed by atoms with Crippen molar-refractivity contribution in [2.24, 2.45) is 17.8 Å². The van der Waals surface area contributed by atoms with E-state index in [2.05, 4.69) is 64.5 Å². The molecule has 11 heteroatoms. The molecule has 53 heavy (non-hydrogen) atoms. The van der Waals surface area contributed by atoms with Gasteiger partial charge in [0.15, 0.2) is 0 Å². The second-order valence-electron chi connectivity index (χ2n) is 17.6. The molecule has 3 aliphatic heterocycles. The van der Waals surface area contributed by atoms with Crippen LogP contribution in [-0.2, 0) is 26.6 Å². The predicted octanol–water partition coefficient (Wildman–Crippen LogP) is 6.68. The van der Waals surface area contributed by atoms with Crippen LogP contribution < -0.4 is 14.4 Å². The molecule has 5 aliphatic rings. The average molecular weight is 767 g/mol. The number of fused-ring (bicyclic) bond motifs is 4. The van der Waals surface area contributed by atoms with Crippen LogP contribution in [0.25, 0.3) is 0 Å². The molecule has 2 aromatic carbocycles. The minimum Gasteiger partial charge on any atom is -0.490 e. The number of carbonyl (C=O) groups excluding carboxylic acids is 1. The summed E-state index contributed by atoms with van der Waals surface area (Å²) < 4.78 is 43.1. The largest absolute Gasteiger partial charge is 0.490 e. The molecule has 7 rings (SSSR count). The molecule has 1 amide bonds. The van der Waals surface area contributed by atoms with E-state index in [4.69, 9.17) is 21.1 Å². The molecule has 2 bridgehead atoms. The van der Waals surface area contributed by atoms with Gasteiger partial charge >= 0.3 is 0 Å². The number of allylic oxidation sites excluding steroid dienone is 1. The van der Waals surface area contributed by atoms with Crippen LogP contribution >= 0.6 is 11.6 Å². The van der Waals surface area contributed by atoms with Gasteiger partial charge in [-0.1, -0.05) is 36.7 Å². The fraction of sp³-hybridized carbons (Fsp3) is 0.643. The van der Waals surface area contributed by atoms with Crippen LogP contribution in [0.15, 0.2) is 48.6 Å². The minimum absolute atomic E-state index is 0.133. The van der Waals surface area contributed by atoms with Gasteiger partial charge in [-0.25, -0.2) is 13.1 Å². The Morgan fingerprint density at radius 1 is 1.06 bits per heavy atom. The van der Waals surface area contributed by atoms with Gasteiger partial charge in [-0.3, -0.25) is 14.6 Å². The summed E-state index contributed by atoms with van der Waals surface area (Å²) in [6.07, 6.45) is 10.1. The number of rotatable bonds is 3. The summed E-state index contributed by atoms with van der Waals surface area (Å²) in [6, 6.07) is 11.7. The normalized spacial score (nSPS) is 33.1. The van der Waals surface area contributed by atoms with Crippen LogP contribution in [0.4, 0.5) is 5.69 Å². The number of halogens is 1. The van der Waals surface area contributed by atoms with Crippen LogP contribution in [0.2, 0.25) is 5.02 Å². The highest BCUT2D eigenvalue weighted by Gasteiger charge is 2.50. The van der Waals surface area contributed by atoms with Crippen molar-refractivity contribution in [3.8, 4) is 5.75 Å². The van der Waals surface area contributed by atoms with Gasteiger partial charge in [0, 0.05) is 74.5 Å². The van der Waals surface area contributed by atoms with E-state index in [1.54, 1.807) is 13.0 Å². The maximum absolute atomic E-state index is 13.7. The molecule has 1 spiro atoms. The molecule has 1 saturated heterocycles. The number of nitrogens with zero attached hydrogens (tertiary/aromatic N) is 3. The second kappa shape index (κ2) is 14.8. The molecule has 2 fully saturated rings. The van der Waals surface area contributed by atoms with Crippen molar-refractivity contribution in [1.82, 2.24) is 14.5 Å². The zero-order chi connectivity index (χ0) is 37.8. The Balaban J connectivity index is 1.28. The zero-order valence-corrected chi connectivity index (χ0v) is 34.1. The summed E-state index contributed by atoms with van der Waals surface area (Å²) >= 11 is 6.51. The Kier molecular flexibility index (Phi) is 10.8. The first-order chi connectivity index (χ1) is 25.1. The third-order valence-electron chi connectivity index (χ3n) is 13.4. The van der Waals surface area contributed by atoms with Crippen molar-refractivity contribution in [3.05, 3.63) is 70.3 Å². The number of sulfonamides is 1. The number of anilines is 1. The van der Waals surface area contributed by atoms with E-state index in [1.165, 1.54) is 11.1 Å². The van der Waals surface area contributed by atoms with E-state index >= 15 is 0 Å². The van der Waals surface area contributed by atoms with Crippen LogP contribution in [0, 0.1) is 17.8 Å². The van der Waals surface area contributed by atoms with Crippen LogP contribution in [0.1, 0.15) is 88.2 Å². The molecular weight excluding hydrogens is 708 g/mol. The predicted molar refractivity (Wildman–Crippen MR) is 213 cm³/mol. The highest BCUT2D eigenvalue weighted by atomic mass is 35.5. The number of benzene rings is 2. The van der Waals surface area contributed by atoms with Crippen molar-refractivity contribution in [3.63, 3.8) is 0 Å². The van der Waals surface area contributed by atoms with E-state index in [-0.39, 0.29) is 22.8 Å². The smallest absolute Gasteiger partial charge is 0.264 e. The van der Waals surface area contributed by atoms with Crippen molar-refractivity contribution in [2.75, 3.05) is 64.4 Å². The maximum Gasteiger partial charge on any atom is 0.264 e. The van der Waals surface area contributed by atoms with E-state index in [0.717, 1.165) is 94.4 Å². The fourth-order valence-corrected chi connectivity index (χ4v) is 11.2. The van der Waals surface area contributed by atoms with Crippen LogP contribution in [-0.4, -0.2) is 100 Å². The van der Waals surface area contributed by atoms with E-state index < -0.39 is 26.8 Å². The highest BCUT2D eigenvalue weighted by Crippen LogP contribution is 2.49. The number of hydrogen-bond acceptors (Lipinski definition) is 8. The summed E-state index contributed by atoms with van der Waals surface area (Å²) in [7, 11) is -2.10. The Morgan fingerprint density at radius 2 is 1.83 bits per heavy atom. The molecule has 9 nitrogen and oxygen atoms in total. The molecular formula is C42H59ClN4O5S. The van der Waals surface area contributed by atoms with E-state index in [9.17, 15) is 13.2 Å². The summed E-state index contributed by atoms with van der Waals surface area (Å²) in [5.41, 5.74) is 3.05. The Hall–Kier alpha value is -2.63. The van der Waals surface area contributed by atoms with Gasteiger partial charge in [0.25, 0.3) is 5.91 Å². The molecule has 6 atom stereocenters. The number of amides is 1. The Labute approximate surface area is 322 Å². The molecule has 2 aromatic rings. The molecule has 0 radical (unpaired) electrons. The average Bonchev–Trinajstić information content (AvgIpc) is 3.25. The van der Waals surface area contributed by atoms with Gasteiger partial charge in [-0.2, -0.15) is 0 Å². The first-order valence-electron chi connectivity index (χ1n) is 19.7. The minimum atomic E-state index is -3.95. The molecule has 0 unspecified atom stereocenters. The standard InChI is InChI=1S/C42H59ClN4O5S/c1-29-9-7-18-42(51-6,27-45-19-21-47(22-20-45)40(3,4)5)36-14-11-33(36)25-46-26-41(17-8-10-31-23-34(43)13-15-35(31)41)28-52-38-16-12-32(24-37(38)46)39(48)44-53(49,50)30(29)2/h7,12-13,15-16,18,23-24,29-30,33,36H,8-11,14,17,19-22,25-28H2,1-6H3,(H,44,48)/b18-7-/t29-,30+,33-,36+,41-,42+/m0/s1. The monoisotopic (exact) mass is 766 g/mol. The van der Waals surface area contributed by atoms with Crippen LogP contribution in [0.3, 0.4) is 0 Å². The summed E-state index contributed by atoms with van der Waals surface area (Å²) in [6.45, 7) is 17.3. The third-order valence-corrected chi connectivity index (χ3v) is 15.6. The number of aryl methyl sites for hydroxylation is 1. The SMILES string of the molecule is CO[C@@]1(CN2CCN(C(C)(C)C)CC2)/C=C\C[C@H](C)[C@@H](C)S(=O)(=O)NC(=O)c2ccc3c(c2)N(C[C@@H]2CC[C@H]21)C[C@@]1(CCCc2cc(Cl)ccc21)CO3. The molecule has 290 valence electrons. The van der Waals surface area contributed by atoms with Gasteiger partial charge in [0.05, 0.1) is 17.5 Å². The van der Waals surface area contributed by atoms with Crippen molar-refractivity contribution >= 4 is 33.2 Å². The quantitative estimate of drug-likeness (QED) is 0.346. The third kappa shape index (κ3) is 7.65. The van der Waals surface area contributed by atoms with Crippen LogP contribution in [0.5, 0.6) is 5.75 Å². The molecule has 1 N–H and O–H groups in total. The maximum atomic E-state index is 13.7. The first kappa shape index (κ1) is 38.6. The summed E-state index contributed by atoms with van der Waals surface area (Å²) in [5.74, 6) is 0.496. The number of piperazine rings is 1. The number of hydrogen-bond donors (Lipinski definition) is 1.